The van der Waals surface area contributed by atoms with Crippen LogP contribution in [0.1, 0.15) is 5.56 Å². The van der Waals surface area contributed by atoms with Gasteiger partial charge < -0.3 is 4.74 Å². The van der Waals surface area contributed by atoms with Gasteiger partial charge in [-0.3, -0.25) is 0 Å². The zero-order valence-corrected chi connectivity index (χ0v) is 10.9. The summed E-state index contributed by atoms with van der Waals surface area (Å²) >= 11 is 0. The molecule has 0 heterocycles. The van der Waals surface area contributed by atoms with Crippen molar-refractivity contribution in [3.63, 3.8) is 0 Å². The second kappa shape index (κ2) is 7.14. The first-order valence-corrected chi connectivity index (χ1v) is 6.51. The fraction of sp³-hybridized carbons (Fsp3) is 0.143. The first-order chi connectivity index (χ1) is 7.88. The van der Waals surface area contributed by atoms with Crippen LogP contribution in [0.15, 0.2) is 54.6 Å². The SMILES string of the molecule is COc1ccc(CPc2ccccc2)cc1.[B]. The summed E-state index contributed by atoms with van der Waals surface area (Å²) in [6, 6.07) is 18.9. The van der Waals surface area contributed by atoms with Crippen LogP contribution in [0, 0.1) is 0 Å². The Morgan fingerprint density at radius 1 is 0.941 bits per heavy atom. The Morgan fingerprint density at radius 2 is 1.59 bits per heavy atom. The molecule has 85 valence electrons. The maximum absolute atomic E-state index is 5.13. The standard InChI is InChI=1S/C14H15OP.B/c1-15-13-9-7-12(8-10-13)11-16-14-5-3-2-4-6-14;/h2-10,16H,11H2,1H3;. The molecule has 0 bridgehead atoms. The van der Waals surface area contributed by atoms with Crippen molar-refractivity contribution in [2.45, 2.75) is 6.16 Å². The van der Waals surface area contributed by atoms with E-state index in [1.165, 1.54) is 10.9 Å². The largest absolute Gasteiger partial charge is 0.497 e. The topological polar surface area (TPSA) is 9.23 Å². The maximum atomic E-state index is 5.13. The smallest absolute Gasteiger partial charge is 0.118 e. The quantitative estimate of drug-likeness (QED) is 0.590. The molecule has 0 fully saturated rings. The van der Waals surface area contributed by atoms with E-state index >= 15 is 0 Å². The predicted octanol–water partition coefficient (Wildman–Crippen LogP) is 2.82. The highest BCUT2D eigenvalue weighted by Crippen LogP contribution is 2.20. The Bertz CT molecular complexity index is 428. The van der Waals surface area contributed by atoms with Crippen LogP contribution in [0.25, 0.3) is 0 Å². The molecule has 2 aromatic carbocycles. The molecule has 17 heavy (non-hydrogen) atoms. The molecule has 0 spiro atoms. The van der Waals surface area contributed by atoms with E-state index in [9.17, 15) is 0 Å². The van der Waals surface area contributed by atoms with Crippen LogP contribution >= 0.6 is 8.58 Å². The lowest BCUT2D eigenvalue weighted by atomic mass is 10.2. The highest BCUT2D eigenvalue weighted by atomic mass is 31.1. The molecular weight excluding hydrogens is 226 g/mol. The van der Waals surface area contributed by atoms with Gasteiger partial charge in [-0.05, 0) is 29.2 Å². The van der Waals surface area contributed by atoms with Crippen molar-refractivity contribution in [1.82, 2.24) is 0 Å². The van der Waals surface area contributed by atoms with Gasteiger partial charge in [0.25, 0.3) is 0 Å². The monoisotopic (exact) mass is 241 g/mol. The summed E-state index contributed by atoms with van der Waals surface area (Å²) in [5.41, 5.74) is 1.36. The second-order valence-corrected chi connectivity index (χ2v) is 4.85. The van der Waals surface area contributed by atoms with Crippen molar-refractivity contribution in [2.24, 2.45) is 0 Å². The first-order valence-electron chi connectivity index (χ1n) is 5.30. The number of methoxy groups -OCH3 is 1. The van der Waals surface area contributed by atoms with Crippen molar-refractivity contribution in [3.8, 4) is 5.75 Å². The van der Waals surface area contributed by atoms with Crippen molar-refractivity contribution < 1.29 is 4.74 Å². The van der Waals surface area contributed by atoms with Crippen LogP contribution in [0.2, 0.25) is 0 Å². The van der Waals surface area contributed by atoms with E-state index in [4.69, 9.17) is 4.74 Å². The van der Waals surface area contributed by atoms with Crippen molar-refractivity contribution in [2.75, 3.05) is 7.11 Å². The number of rotatable bonds is 4. The molecule has 0 aromatic heterocycles. The normalized spacial score (nSPS) is 10.2. The minimum Gasteiger partial charge on any atom is -0.497 e. The molecule has 1 atom stereocenters. The van der Waals surface area contributed by atoms with Gasteiger partial charge in [-0.15, -0.1) is 0 Å². The van der Waals surface area contributed by atoms with E-state index in [1.807, 2.05) is 12.1 Å². The summed E-state index contributed by atoms with van der Waals surface area (Å²) in [6.45, 7) is 0. The Hall–Kier alpha value is -1.27. The molecule has 1 nitrogen and oxygen atoms in total. The van der Waals surface area contributed by atoms with Crippen LogP contribution < -0.4 is 10.0 Å². The van der Waals surface area contributed by atoms with E-state index < -0.39 is 0 Å². The first kappa shape index (κ1) is 13.8. The maximum Gasteiger partial charge on any atom is 0.118 e. The summed E-state index contributed by atoms with van der Waals surface area (Å²) in [4.78, 5) is 0. The zero-order valence-electron chi connectivity index (χ0n) is 9.89. The van der Waals surface area contributed by atoms with Gasteiger partial charge in [-0.2, -0.15) is 0 Å². The average Bonchev–Trinajstić information content (AvgIpc) is 2.38. The summed E-state index contributed by atoms with van der Waals surface area (Å²) < 4.78 is 5.13. The van der Waals surface area contributed by atoms with Gasteiger partial charge in [0.15, 0.2) is 0 Å². The molecule has 2 aromatic rings. The average molecular weight is 241 g/mol. The van der Waals surface area contributed by atoms with Gasteiger partial charge in [-0.25, -0.2) is 0 Å². The third kappa shape index (κ3) is 4.24. The van der Waals surface area contributed by atoms with Gasteiger partial charge >= 0.3 is 0 Å². The van der Waals surface area contributed by atoms with E-state index in [-0.39, 0.29) is 8.41 Å². The van der Waals surface area contributed by atoms with Crippen molar-refractivity contribution in [3.05, 3.63) is 60.2 Å². The van der Waals surface area contributed by atoms with Crippen LogP contribution in [-0.2, 0) is 6.16 Å². The lowest BCUT2D eigenvalue weighted by Crippen LogP contribution is -1.92. The van der Waals surface area contributed by atoms with Gasteiger partial charge in [-0.1, -0.05) is 51.0 Å². The fourth-order valence-electron chi connectivity index (χ4n) is 1.50. The summed E-state index contributed by atoms with van der Waals surface area (Å²) in [5.74, 6) is 0.923. The van der Waals surface area contributed by atoms with Gasteiger partial charge in [0.2, 0.25) is 0 Å². The van der Waals surface area contributed by atoms with E-state index in [0.29, 0.717) is 0 Å². The minimum atomic E-state index is 0. The highest BCUT2D eigenvalue weighted by molar-refractivity contribution is 7.46. The molecule has 2 rings (SSSR count). The van der Waals surface area contributed by atoms with Crippen LogP contribution in [0.3, 0.4) is 0 Å². The van der Waals surface area contributed by atoms with Crippen molar-refractivity contribution >= 4 is 22.3 Å². The molecule has 0 aliphatic carbocycles. The molecule has 0 N–H and O–H groups in total. The lowest BCUT2D eigenvalue weighted by Gasteiger charge is -2.04. The number of ether oxygens (including phenoxy) is 1. The highest BCUT2D eigenvalue weighted by Gasteiger charge is 1.95. The third-order valence-electron chi connectivity index (χ3n) is 2.43. The molecule has 0 saturated heterocycles. The Morgan fingerprint density at radius 3 is 2.18 bits per heavy atom. The molecule has 3 heteroatoms. The summed E-state index contributed by atoms with van der Waals surface area (Å²) in [7, 11) is 2.53. The molecule has 0 aliphatic heterocycles. The summed E-state index contributed by atoms with van der Waals surface area (Å²) in [5, 5.41) is 1.42. The van der Waals surface area contributed by atoms with Crippen LogP contribution in [-0.4, -0.2) is 15.5 Å². The number of hydrogen-bond donors (Lipinski definition) is 0. The van der Waals surface area contributed by atoms with Crippen LogP contribution in [0.4, 0.5) is 0 Å². The molecule has 0 amide bonds. The molecular formula is C14H15BOP. The number of hydrogen-bond acceptors (Lipinski definition) is 1. The second-order valence-electron chi connectivity index (χ2n) is 3.57. The van der Waals surface area contributed by atoms with Gasteiger partial charge in [0.1, 0.15) is 5.75 Å². The summed E-state index contributed by atoms with van der Waals surface area (Å²) in [6.07, 6.45) is 1.11. The van der Waals surface area contributed by atoms with Gasteiger partial charge in [0, 0.05) is 8.41 Å². The Balaban J connectivity index is 0.00000144. The minimum absolute atomic E-state index is 0. The van der Waals surface area contributed by atoms with Gasteiger partial charge in [0.05, 0.1) is 7.11 Å². The lowest BCUT2D eigenvalue weighted by molar-refractivity contribution is 0.414. The predicted molar refractivity (Wildman–Crippen MR) is 76.8 cm³/mol. The number of benzene rings is 2. The molecule has 0 aliphatic rings. The molecule has 3 radical (unpaired) electrons. The Kier molecular flexibility index (Phi) is 5.79. The van der Waals surface area contributed by atoms with Crippen molar-refractivity contribution in [1.29, 1.82) is 0 Å². The van der Waals surface area contributed by atoms with E-state index in [2.05, 4.69) is 42.5 Å². The third-order valence-corrected chi connectivity index (χ3v) is 3.76. The zero-order chi connectivity index (χ0) is 11.2. The fourth-order valence-corrected chi connectivity index (χ4v) is 2.58. The molecule has 1 unspecified atom stereocenters. The molecule has 0 saturated carbocycles. The Labute approximate surface area is 107 Å². The van der Waals surface area contributed by atoms with E-state index in [1.54, 1.807) is 7.11 Å². The van der Waals surface area contributed by atoms with Crippen LogP contribution in [0.5, 0.6) is 5.75 Å². The van der Waals surface area contributed by atoms with E-state index in [0.717, 1.165) is 20.5 Å².